The van der Waals surface area contributed by atoms with Crippen LogP contribution in [0.25, 0.3) is 0 Å². The second-order valence-corrected chi connectivity index (χ2v) is 4.86. The van der Waals surface area contributed by atoms with Crippen LogP contribution in [0.4, 0.5) is 13.2 Å². The molecule has 0 radical (unpaired) electrons. The molecule has 0 spiro atoms. The van der Waals surface area contributed by atoms with E-state index in [0.717, 1.165) is 0 Å². The molecule has 1 aliphatic heterocycles. The van der Waals surface area contributed by atoms with Gasteiger partial charge in [0.25, 0.3) is 0 Å². The van der Waals surface area contributed by atoms with Crippen LogP contribution >= 0.6 is 0 Å². The minimum atomic E-state index is -4.05. The van der Waals surface area contributed by atoms with Crippen molar-refractivity contribution in [3.63, 3.8) is 0 Å². The Morgan fingerprint density at radius 3 is 2.50 bits per heavy atom. The summed E-state index contributed by atoms with van der Waals surface area (Å²) in [6, 6.07) is -0.0214. The Balaban J connectivity index is 2.42. The molecule has 2 atom stereocenters. The summed E-state index contributed by atoms with van der Waals surface area (Å²) in [6.45, 7) is 5.29. The van der Waals surface area contributed by atoms with Gasteiger partial charge in [0.2, 0.25) is 0 Å². The smallest absolute Gasteiger partial charge is 0.313 e. The fraction of sp³-hybridized carbons (Fsp3) is 1.00. The van der Waals surface area contributed by atoms with Gasteiger partial charge in [0.15, 0.2) is 0 Å². The summed E-state index contributed by atoms with van der Waals surface area (Å²) in [5.74, 6) is -1.16. The lowest BCUT2D eigenvalue weighted by Crippen LogP contribution is -2.39. The van der Waals surface area contributed by atoms with E-state index in [0.29, 0.717) is 25.6 Å². The molecule has 5 heteroatoms. The number of hydrogen-bond donors (Lipinski definition) is 1. The third-order valence-corrected chi connectivity index (χ3v) is 3.44. The molecule has 0 amide bonds. The standard InChI is InChI=1S/C11H21F3N2/c1-8(2)16(3)7-5-10-9(4-6-15-10)11(12,13)14/h8-10,15H,4-7H2,1-3H3. The zero-order valence-electron chi connectivity index (χ0n) is 10.1. The average Bonchev–Trinajstić information content (AvgIpc) is 2.60. The Morgan fingerprint density at radius 1 is 1.38 bits per heavy atom. The molecule has 1 N–H and O–H groups in total. The number of nitrogens with zero attached hydrogens (tertiary/aromatic N) is 1. The van der Waals surface area contributed by atoms with Crippen molar-refractivity contribution in [3.8, 4) is 0 Å². The van der Waals surface area contributed by atoms with E-state index in [9.17, 15) is 13.2 Å². The summed E-state index contributed by atoms with van der Waals surface area (Å²) in [6.07, 6.45) is -3.26. The fourth-order valence-electron chi connectivity index (χ4n) is 2.06. The molecule has 0 aromatic rings. The third-order valence-electron chi connectivity index (χ3n) is 3.44. The molecule has 1 aliphatic rings. The van der Waals surface area contributed by atoms with Crippen LogP contribution in [0.15, 0.2) is 0 Å². The van der Waals surface area contributed by atoms with Crippen LogP contribution < -0.4 is 5.32 Å². The van der Waals surface area contributed by atoms with E-state index in [1.165, 1.54) is 0 Å². The predicted molar refractivity (Wildman–Crippen MR) is 58.3 cm³/mol. The van der Waals surface area contributed by atoms with Gasteiger partial charge in [-0.25, -0.2) is 0 Å². The van der Waals surface area contributed by atoms with E-state index < -0.39 is 18.1 Å². The van der Waals surface area contributed by atoms with Gasteiger partial charge in [-0.3, -0.25) is 0 Å². The van der Waals surface area contributed by atoms with Crippen molar-refractivity contribution in [1.82, 2.24) is 10.2 Å². The van der Waals surface area contributed by atoms with E-state index in [-0.39, 0.29) is 6.42 Å². The first kappa shape index (κ1) is 13.8. The molecule has 0 bridgehead atoms. The van der Waals surface area contributed by atoms with Gasteiger partial charge in [-0.15, -0.1) is 0 Å². The van der Waals surface area contributed by atoms with Crippen LogP contribution in [0.2, 0.25) is 0 Å². The second kappa shape index (κ2) is 5.36. The van der Waals surface area contributed by atoms with Crippen LogP contribution in [-0.2, 0) is 0 Å². The lowest BCUT2D eigenvalue weighted by atomic mass is 9.97. The minimum Gasteiger partial charge on any atom is -0.313 e. The van der Waals surface area contributed by atoms with E-state index >= 15 is 0 Å². The van der Waals surface area contributed by atoms with Crippen LogP contribution in [0, 0.1) is 5.92 Å². The molecule has 1 saturated heterocycles. The lowest BCUT2D eigenvalue weighted by Gasteiger charge is -2.26. The first-order chi connectivity index (χ1) is 7.32. The van der Waals surface area contributed by atoms with Gasteiger partial charge in [-0.05, 0) is 46.8 Å². The van der Waals surface area contributed by atoms with E-state index in [4.69, 9.17) is 0 Å². The van der Waals surface area contributed by atoms with Crippen LogP contribution in [-0.4, -0.2) is 43.3 Å². The first-order valence-corrected chi connectivity index (χ1v) is 5.82. The Bertz CT molecular complexity index is 216. The largest absolute Gasteiger partial charge is 0.393 e. The molecule has 0 saturated carbocycles. The zero-order valence-corrected chi connectivity index (χ0v) is 10.1. The number of halogens is 3. The third kappa shape index (κ3) is 3.63. The Labute approximate surface area is 95.2 Å². The Kier molecular flexibility index (Phi) is 4.62. The van der Waals surface area contributed by atoms with Crippen molar-refractivity contribution in [1.29, 1.82) is 0 Å². The van der Waals surface area contributed by atoms with Crippen molar-refractivity contribution in [2.24, 2.45) is 5.92 Å². The molecule has 1 fully saturated rings. The summed E-state index contributed by atoms with van der Waals surface area (Å²) in [5.41, 5.74) is 0. The van der Waals surface area contributed by atoms with Crippen LogP contribution in [0.1, 0.15) is 26.7 Å². The maximum absolute atomic E-state index is 12.6. The highest BCUT2D eigenvalue weighted by molar-refractivity contribution is 4.88. The molecule has 0 aromatic heterocycles. The minimum absolute atomic E-state index is 0.222. The summed E-state index contributed by atoms with van der Waals surface area (Å²) in [5, 5.41) is 2.96. The highest BCUT2D eigenvalue weighted by Crippen LogP contribution is 2.35. The second-order valence-electron chi connectivity index (χ2n) is 4.86. The molecule has 0 aliphatic carbocycles. The molecule has 96 valence electrons. The summed E-state index contributed by atoms with van der Waals surface area (Å²) < 4.78 is 37.9. The van der Waals surface area contributed by atoms with E-state index in [2.05, 4.69) is 10.2 Å². The lowest BCUT2D eigenvalue weighted by molar-refractivity contribution is -0.177. The zero-order chi connectivity index (χ0) is 12.3. The summed E-state index contributed by atoms with van der Waals surface area (Å²) >= 11 is 0. The number of alkyl halides is 3. The van der Waals surface area contributed by atoms with Crippen molar-refractivity contribution in [3.05, 3.63) is 0 Å². The Morgan fingerprint density at radius 2 is 2.00 bits per heavy atom. The van der Waals surface area contributed by atoms with Crippen molar-refractivity contribution < 1.29 is 13.2 Å². The molecule has 0 aromatic carbocycles. The normalized spacial score (nSPS) is 27.0. The van der Waals surface area contributed by atoms with Gasteiger partial charge < -0.3 is 10.2 Å². The molecule has 16 heavy (non-hydrogen) atoms. The van der Waals surface area contributed by atoms with Crippen LogP contribution in [0.5, 0.6) is 0 Å². The van der Waals surface area contributed by atoms with Gasteiger partial charge in [-0.2, -0.15) is 13.2 Å². The van der Waals surface area contributed by atoms with E-state index in [1.807, 2.05) is 20.9 Å². The predicted octanol–water partition coefficient (Wildman–Crippen LogP) is 2.26. The monoisotopic (exact) mass is 238 g/mol. The highest BCUT2D eigenvalue weighted by atomic mass is 19.4. The van der Waals surface area contributed by atoms with E-state index in [1.54, 1.807) is 0 Å². The van der Waals surface area contributed by atoms with Gasteiger partial charge in [-0.1, -0.05) is 0 Å². The van der Waals surface area contributed by atoms with Crippen LogP contribution in [0.3, 0.4) is 0 Å². The van der Waals surface area contributed by atoms with Crippen molar-refractivity contribution >= 4 is 0 Å². The van der Waals surface area contributed by atoms with Crippen molar-refractivity contribution in [2.45, 2.75) is 44.9 Å². The van der Waals surface area contributed by atoms with Gasteiger partial charge >= 0.3 is 6.18 Å². The maximum atomic E-state index is 12.6. The Hall–Kier alpha value is -0.290. The molecule has 2 unspecified atom stereocenters. The maximum Gasteiger partial charge on any atom is 0.393 e. The highest BCUT2D eigenvalue weighted by Gasteiger charge is 2.46. The quantitative estimate of drug-likeness (QED) is 0.808. The molecule has 1 rings (SSSR count). The molecular formula is C11H21F3N2. The molecule has 1 heterocycles. The topological polar surface area (TPSA) is 15.3 Å². The van der Waals surface area contributed by atoms with Crippen molar-refractivity contribution in [2.75, 3.05) is 20.1 Å². The summed E-state index contributed by atoms with van der Waals surface area (Å²) in [7, 11) is 1.95. The fourth-order valence-corrected chi connectivity index (χ4v) is 2.06. The molecule has 2 nitrogen and oxygen atoms in total. The number of nitrogens with one attached hydrogen (secondary N) is 1. The summed E-state index contributed by atoms with van der Waals surface area (Å²) in [4.78, 5) is 2.08. The molecular weight excluding hydrogens is 217 g/mol. The van der Waals surface area contributed by atoms with Gasteiger partial charge in [0, 0.05) is 12.1 Å². The van der Waals surface area contributed by atoms with Gasteiger partial charge in [0.1, 0.15) is 0 Å². The average molecular weight is 238 g/mol. The number of hydrogen-bond acceptors (Lipinski definition) is 2. The SMILES string of the molecule is CC(C)N(C)CCC1NCCC1C(F)(F)F. The number of rotatable bonds is 4. The van der Waals surface area contributed by atoms with Gasteiger partial charge in [0.05, 0.1) is 5.92 Å². The first-order valence-electron chi connectivity index (χ1n) is 5.82.